The van der Waals surface area contributed by atoms with E-state index in [1.165, 1.54) is 0 Å². The van der Waals surface area contributed by atoms with Crippen molar-refractivity contribution in [3.8, 4) is 23.0 Å². The molecule has 5 rings (SSSR count). The summed E-state index contributed by atoms with van der Waals surface area (Å²) in [7, 11) is 0. The number of para-hydroxylation sites is 1. The molecule has 3 aromatic carbocycles. The Morgan fingerprint density at radius 1 is 0.971 bits per heavy atom. The van der Waals surface area contributed by atoms with Crippen LogP contribution in [-0.2, 0) is 16.1 Å². The fourth-order valence-electron chi connectivity index (χ4n) is 3.85. The lowest BCUT2D eigenvalue weighted by molar-refractivity contribution is -0.140. The van der Waals surface area contributed by atoms with Gasteiger partial charge in [-0.3, -0.25) is 0 Å². The number of urea groups is 1. The molecule has 172 valence electrons. The maximum absolute atomic E-state index is 13.1. The summed E-state index contributed by atoms with van der Waals surface area (Å²) in [5.41, 5.74) is 2.20. The SMILES string of the molecule is CC1=C(C(=O)OCc2ccc3c(c2)OCO3)C(c2cccc(Oc3ccccc3)c2)NC(=O)N1. The van der Waals surface area contributed by atoms with Gasteiger partial charge in [0.25, 0.3) is 0 Å². The standard InChI is InChI=1S/C26H22N2O6/c1-16-23(25(29)31-14-17-10-11-21-22(12-17)33-15-32-21)24(28-26(30)27-16)18-6-5-9-20(13-18)34-19-7-3-2-4-8-19/h2-13,24H,14-15H2,1H3,(H2,27,28,30). The molecular weight excluding hydrogens is 436 g/mol. The van der Waals surface area contributed by atoms with Crippen LogP contribution >= 0.6 is 0 Å². The molecule has 0 radical (unpaired) electrons. The Kier molecular flexibility index (Phi) is 5.78. The molecule has 2 aliphatic rings. The van der Waals surface area contributed by atoms with Crippen molar-refractivity contribution in [2.24, 2.45) is 0 Å². The van der Waals surface area contributed by atoms with Crippen LogP contribution in [0.25, 0.3) is 0 Å². The quantitative estimate of drug-likeness (QED) is 0.525. The molecule has 2 amide bonds. The molecule has 2 N–H and O–H groups in total. The number of amides is 2. The average Bonchev–Trinajstić information content (AvgIpc) is 3.31. The van der Waals surface area contributed by atoms with Gasteiger partial charge in [-0.1, -0.05) is 36.4 Å². The predicted octanol–water partition coefficient (Wildman–Crippen LogP) is 4.58. The fourth-order valence-corrected chi connectivity index (χ4v) is 3.85. The zero-order valence-corrected chi connectivity index (χ0v) is 18.4. The van der Waals surface area contributed by atoms with E-state index in [1.807, 2.05) is 54.6 Å². The van der Waals surface area contributed by atoms with Gasteiger partial charge in [-0.2, -0.15) is 0 Å². The molecule has 1 unspecified atom stereocenters. The first kappa shape index (κ1) is 21.4. The fraction of sp³-hybridized carbons (Fsp3) is 0.154. The number of rotatable bonds is 6. The molecular formula is C26H22N2O6. The highest BCUT2D eigenvalue weighted by Gasteiger charge is 2.32. The van der Waals surface area contributed by atoms with Gasteiger partial charge < -0.3 is 29.6 Å². The molecule has 0 aliphatic carbocycles. The van der Waals surface area contributed by atoms with Gasteiger partial charge in [0.2, 0.25) is 6.79 Å². The number of esters is 1. The summed E-state index contributed by atoms with van der Waals surface area (Å²) in [5, 5.41) is 5.47. The van der Waals surface area contributed by atoms with Crippen LogP contribution in [0.15, 0.2) is 84.1 Å². The molecule has 0 aromatic heterocycles. The molecule has 3 aromatic rings. The molecule has 0 spiro atoms. The highest BCUT2D eigenvalue weighted by Crippen LogP contribution is 2.34. The summed E-state index contributed by atoms with van der Waals surface area (Å²) >= 11 is 0. The van der Waals surface area contributed by atoms with E-state index >= 15 is 0 Å². The number of hydrogen-bond acceptors (Lipinski definition) is 6. The number of carbonyl (C=O) groups excluding carboxylic acids is 2. The smallest absolute Gasteiger partial charge is 0.338 e. The number of fused-ring (bicyclic) bond motifs is 1. The van der Waals surface area contributed by atoms with Crippen LogP contribution in [0.3, 0.4) is 0 Å². The first-order valence-corrected chi connectivity index (χ1v) is 10.7. The average molecular weight is 458 g/mol. The largest absolute Gasteiger partial charge is 0.457 e. The van der Waals surface area contributed by atoms with Gasteiger partial charge in [-0.05, 0) is 54.4 Å². The Bertz CT molecular complexity index is 1270. The maximum atomic E-state index is 13.1. The summed E-state index contributed by atoms with van der Waals surface area (Å²) in [5.74, 6) is 2.00. The summed E-state index contributed by atoms with van der Waals surface area (Å²) in [6.07, 6.45) is 0. The van der Waals surface area contributed by atoms with Gasteiger partial charge in [-0.25, -0.2) is 9.59 Å². The zero-order valence-electron chi connectivity index (χ0n) is 18.4. The number of nitrogens with one attached hydrogen (secondary N) is 2. The number of benzene rings is 3. The first-order chi connectivity index (χ1) is 16.6. The van der Waals surface area contributed by atoms with Crippen LogP contribution in [0.4, 0.5) is 4.79 Å². The van der Waals surface area contributed by atoms with Gasteiger partial charge in [-0.15, -0.1) is 0 Å². The molecule has 2 heterocycles. The van der Waals surface area contributed by atoms with Gasteiger partial charge in [0.1, 0.15) is 18.1 Å². The van der Waals surface area contributed by atoms with Crippen LogP contribution in [0.1, 0.15) is 24.1 Å². The maximum Gasteiger partial charge on any atom is 0.338 e. The summed E-state index contributed by atoms with van der Waals surface area (Å²) < 4.78 is 22.2. The van der Waals surface area contributed by atoms with Crippen molar-refractivity contribution in [3.05, 3.63) is 95.2 Å². The van der Waals surface area contributed by atoms with Crippen LogP contribution < -0.4 is 24.8 Å². The molecule has 8 nitrogen and oxygen atoms in total. The summed E-state index contributed by atoms with van der Waals surface area (Å²) in [6.45, 7) is 1.89. The molecule has 2 aliphatic heterocycles. The minimum atomic E-state index is -0.697. The molecule has 0 saturated heterocycles. The second-order valence-corrected chi connectivity index (χ2v) is 7.82. The van der Waals surface area contributed by atoms with Gasteiger partial charge in [0.15, 0.2) is 11.5 Å². The Labute approximate surface area is 196 Å². The topological polar surface area (TPSA) is 95.1 Å². The van der Waals surface area contributed by atoms with Crippen LogP contribution in [0.2, 0.25) is 0 Å². The lowest BCUT2D eigenvalue weighted by Gasteiger charge is -2.28. The van der Waals surface area contributed by atoms with Crippen LogP contribution in [-0.4, -0.2) is 18.8 Å². The Balaban J connectivity index is 1.36. The van der Waals surface area contributed by atoms with E-state index in [2.05, 4.69) is 10.6 Å². The van der Waals surface area contributed by atoms with Crippen molar-refractivity contribution >= 4 is 12.0 Å². The Morgan fingerprint density at radius 3 is 2.62 bits per heavy atom. The minimum absolute atomic E-state index is 0.0457. The number of ether oxygens (including phenoxy) is 4. The number of carbonyl (C=O) groups is 2. The minimum Gasteiger partial charge on any atom is -0.457 e. The van der Waals surface area contributed by atoms with E-state index in [1.54, 1.807) is 25.1 Å². The van der Waals surface area contributed by atoms with E-state index in [0.717, 1.165) is 5.56 Å². The third kappa shape index (κ3) is 4.52. The summed E-state index contributed by atoms with van der Waals surface area (Å²) in [4.78, 5) is 25.3. The Hall–Kier alpha value is -4.46. The van der Waals surface area contributed by atoms with Crippen molar-refractivity contribution in [2.45, 2.75) is 19.6 Å². The molecule has 34 heavy (non-hydrogen) atoms. The molecule has 0 bridgehead atoms. The second kappa shape index (κ2) is 9.19. The van der Waals surface area contributed by atoms with E-state index in [-0.39, 0.29) is 13.4 Å². The molecule has 0 fully saturated rings. The van der Waals surface area contributed by atoms with Gasteiger partial charge in [0, 0.05) is 5.70 Å². The molecule has 8 heteroatoms. The lowest BCUT2D eigenvalue weighted by atomic mass is 9.95. The van der Waals surface area contributed by atoms with E-state index < -0.39 is 18.0 Å². The number of hydrogen-bond donors (Lipinski definition) is 2. The highest BCUT2D eigenvalue weighted by molar-refractivity contribution is 5.95. The zero-order chi connectivity index (χ0) is 23.5. The van der Waals surface area contributed by atoms with E-state index in [0.29, 0.717) is 39.8 Å². The van der Waals surface area contributed by atoms with Gasteiger partial charge in [0.05, 0.1) is 11.6 Å². The normalized spacial score (nSPS) is 16.5. The highest BCUT2D eigenvalue weighted by atomic mass is 16.7. The van der Waals surface area contributed by atoms with Crippen molar-refractivity contribution in [1.82, 2.24) is 10.6 Å². The van der Waals surface area contributed by atoms with Crippen LogP contribution in [0, 0.1) is 0 Å². The second-order valence-electron chi connectivity index (χ2n) is 7.82. The number of allylic oxidation sites excluding steroid dienone is 1. The Morgan fingerprint density at radius 2 is 1.76 bits per heavy atom. The van der Waals surface area contributed by atoms with Crippen molar-refractivity contribution in [1.29, 1.82) is 0 Å². The monoisotopic (exact) mass is 458 g/mol. The van der Waals surface area contributed by atoms with Crippen molar-refractivity contribution in [3.63, 3.8) is 0 Å². The molecule has 1 atom stereocenters. The third-order valence-electron chi connectivity index (χ3n) is 5.47. The van der Waals surface area contributed by atoms with Gasteiger partial charge >= 0.3 is 12.0 Å². The first-order valence-electron chi connectivity index (χ1n) is 10.7. The van der Waals surface area contributed by atoms with Crippen molar-refractivity contribution in [2.75, 3.05) is 6.79 Å². The summed E-state index contributed by atoms with van der Waals surface area (Å²) in [6, 6.07) is 20.9. The lowest BCUT2D eigenvalue weighted by Crippen LogP contribution is -2.45. The molecule has 0 saturated carbocycles. The van der Waals surface area contributed by atoms with E-state index in [9.17, 15) is 9.59 Å². The van der Waals surface area contributed by atoms with Crippen LogP contribution in [0.5, 0.6) is 23.0 Å². The predicted molar refractivity (Wildman–Crippen MR) is 122 cm³/mol. The third-order valence-corrected chi connectivity index (χ3v) is 5.47. The van der Waals surface area contributed by atoms with E-state index in [4.69, 9.17) is 18.9 Å². The van der Waals surface area contributed by atoms with Crippen molar-refractivity contribution < 1.29 is 28.5 Å².